The van der Waals surface area contributed by atoms with Gasteiger partial charge in [0.1, 0.15) is 17.6 Å². The van der Waals surface area contributed by atoms with Crippen LogP contribution in [0.2, 0.25) is 0 Å². The van der Waals surface area contributed by atoms with Crippen molar-refractivity contribution in [2.24, 2.45) is 0 Å². The second kappa shape index (κ2) is 8.99. The van der Waals surface area contributed by atoms with Crippen LogP contribution in [0.15, 0.2) is 48.2 Å². The van der Waals surface area contributed by atoms with Crippen LogP contribution < -0.4 is 15.5 Å². The highest BCUT2D eigenvalue weighted by atomic mass is 32.1. The van der Waals surface area contributed by atoms with E-state index in [4.69, 9.17) is 17.0 Å². The van der Waals surface area contributed by atoms with Crippen molar-refractivity contribution in [3.05, 3.63) is 59.5 Å². The molecule has 8 nitrogen and oxygen atoms in total. The van der Waals surface area contributed by atoms with Crippen molar-refractivity contribution in [1.82, 2.24) is 15.5 Å². The van der Waals surface area contributed by atoms with Gasteiger partial charge in [-0.3, -0.25) is 19.4 Å². The SMILES string of the molecule is CC(=O)NC[C@H]1CN(c2ccc(-c3ccc(/C=C4\NC(=S)N(C)C4=O)cc3)c(F)c2)C(=O)O1. The minimum atomic E-state index is -0.588. The first kappa shape index (κ1) is 22.4. The minimum absolute atomic E-state index is 0.198. The lowest BCUT2D eigenvalue weighted by molar-refractivity contribution is -0.121. The maximum atomic E-state index is 14.9. The van der Waals surface area contributed by atoms with Crippen LogP contribution in [0.1, 0.15) is 12.5 Å². The summed E-state index contributed by atoms with van der Waals surface area (Å²) >= 11 is 5.06. The molecule has 3 amide bonds. The standard InChI is InChI=1S/C23H21FN4O4S/c1-13(29)25-11-17-12-28(23(31)32-17)16-7-8-18(19(24)10-16)15-5-3-14(4-6-15)9-20-21(30)27(2)22(33)26-20/h3-10,17H,11-12H2,1-2H3,(H,25,29)(H,26,33)/b20-9-/t17-/m0/s1. The number of hydrogen-bond donors (Lipinski definition) is 2. The number of ether oxygens (including phenoxy) is 1. The van der Waals surface area contributed by atoms with Crippen molar-refractivity contribution >= 4 is 47.0 Å². The van der Waals surface area contributed by atoms with Crippen LogP contribution in [-0.4, -0.2) is 54.2 Å². The van der Waals surface area contributed by atoms with Gasteiger partial charge in [-0.15, -0.1) is 0 Å². The Morgan fingerprint density at radius 3 is 2.61 bits per heavy atom. The largest absolute Gasteiger partial charge is 0.442 e. The lowest BCUT2D eigenvalue weighted by Crippen LogP contribution is -2.33. The van der Waals surface area contributed by atoms with E-state index in [9.17, 15) is 18.8 Å². The van der Waals surface area contributed by atoms with Crippen molar-refractivity contribution in [3.8, 4) is 11.1 Å². The van der Waals surface area contributed by atoms with Crippen molar-refractivity contribution in [2.45, 2.75) is 13.0 Å². The summed E-state index contributed by atoms with van der Waals surface area (Å²) < 4.78 is 20.1. The number of cyclic esters (lactones) is 1. The molecule has 2 fully saturated rings. The van der Waals surface area contributed by atoms with Gasteiger partial charge in [-0.2, -0.15) is 0 Å². The van der Waals surface area contributed by atoms with E-state index in [0.29, 0.717) is 27.6 Å². The average molecular weight is 469 g/mol. The molecule has 2 N–H and O–H groups in total. The Hall–Kier alpha value is -3.79. The third kappa shape index (κ3) is 4.70. The molecule has 2 aliphatic heterocycles. The number of hydrogen-bond acceptors (Lipinski definition) is 5. The highest BCUT2D eigenvalue weighted by Crippen LogP contribution is 2.29. The monoisotopic (exact) mass is 468 g/mol. The Morgan fingerprint density at radius 2 is 2.00 bits per heavy atom. The smallest absolute Gasteiger partial charge is 0.414 e. The first-order chi connectivity index (χ1) is 15.7. The number of thiocarbonyl (C=S) groups is 1. The molecule has 4 rings (SSSR count). The first-order valence-electron chi connectivity index (χ1n) is 10.2. The van der Waals surface area contributed by atoms with Gasteiger partial charge < -0.3 is 15.4 Å². The summed E-state index contributed by atoms with van der Waals surface area (Å²) in [5, 5.41) is 5.80. The summed E-state index contributed by atoms with van der Waals surface area (Å²) in [5.74, 6) is -0.925. The van der Waals surface area contributed by atoms with Crippen molar-refractivity contribution in [1.29, 1.82) is 0 Å². The molecule has 2 aromatic carbocycles. The molecule has 0 saturated carbocycles. The molecule has 2 aliphatic rings. The third-order valence-corrected chi connectivity index (χ3v) is 5.71. The molecule has 2 saturated heterocycles. The summed E-state index contributed by atoms with van der Waals surface area (Å²) in [6.07, 6.45) is 0.592. The van der Waals surface area contributed by atoms with E-state index >= 15 is 0 Å². The van der Waals surface area contributed by atoms with Gasteiger partial charge in [-0.1, -0.05) is 24.3 Å². The van der Waals surface area contributed by atoms with Gasteiger partial charge in [-0.25, -0.2) is 9.18 Å². The van der Waals surface area contributed by atoms with Crippen LogP contribution in [0.4, 0.5) is 14.9 Å². The zero-order valence-corrected chi connectivity index (χ0v) is 18.7. The molecular weight excluding hydrogens is 447 g/mol. The lowest BCUT2D eigenvalue weighted by atomic mass is 10.0. The second-order valence-electron chi connectivity index (χ2n) is 7.69. The normalized spacial score (nSPS) is 19.2. The molecule has 0 spiro atoms. The van der Waals surface area contributed by atoms with E-state index < -0.39 is 18.0 Å². The number of rotatable bonds is 5. The molecule has 10 heteroatoms. The van der Waals surface area contributed by atoms with Crippen LogP contribution in [0.3, 0.4) is 0 Å². The molecule has 2 aromatic rings. The van der Waals surface area contributed by atoms with Gasteiger partial charge in [-0.05, 0) is 47.6 Å². The topological polar surface area (TPSA) is 91.0 Å². The number of amides is 3. The quantitative estimate of drug-likeness (QED) is 0.518. The molecule has 0 bridgehead atoms. The third-order valence-electron chi connectivity index (χ3n) is 5.33. The Bertz CT molecular complexity index is 1180. The van der Waals surface area contributed by atoms with Gasteiger partial charge in [0.05, 0.1) is 18.8 Å². The first-order valence-corrected chi connectivity index (χ1v) is 10.6. The molecule has 1 atom stereocenters. The Morgan fingerprint density at radius 1 is 1.27 bits per heavy atom. The van der Waals surface area contributed by atoms with E-state index in [1.54, 1.807) is 49.5 Å². The maximum Gasteiger partial charge on any atom is 0.414 e. The van der Waals surface area contributed by atoms with Gasteiger partial charge >= 0.3 is 6.09 Å². The van der Waals surface area contributed by atoms with E-state index in [2.05, 4.69) is 10.6 Å². The number of nitrogens with one attached hydrogen (secondary N) is 2. The van der Waals surface area contributed by atoms with Crippen LogP contribution in [0, 0.1) is 5.82 Å². The molecule has 0 radical (unpaired) electrons. The average Bonchev–Trinajstić information content (AvgIpc) is 3.27. The van der Waals surface area contributed by atoms with E-state index in [1.165, 1.54) is 22.8 Å². The number of carbonyl (C=O) groups excluding carboxylic acids is 3. The molecule has 0 unspecified atom stereocenters. The predicted octanol–water partition coefficient (Wildman–Crippen LogP) is 2.64. The van der Waals surface area contributed by atoms with Crippen LogP contribution in [0.25, 0.3) is 17.2 Å². The number of nitrogens with zero attached hydrogens (tertiary/aromatic N) is 2. The predicted molar refractivity (Wildman–Crippen MR) is 125 cm³/mol. The molecule has 0 aromatic heterocycles. The molecular formula is C23H21FN4O4S. The lowest BCUT2D eigenvalue weighted by Gasteiger charge is -2.14. The summed E-state index contributed by atoms with van der Waals surface area (Å²) in [5.41, 5.74) is 2.53. The van der Waals surface area contributed by atoms with Gasteiger partial charge in [0.25, 0.3) is 5.91 Å². The highest BCUT2D eigenvalue weighted by Gasteiger charge is 2.32. The fourth-order valence-corrected chi connectivity index (χ4v) is 3.74. The number of anilines is 1. The zero-order valence-electron chi connectivity index (χ0n) is 17.9. The van der Waals surface area contributed by atoms with Crippen molar-refractivity contribution in [3.63, 3.8) is 0 Å². The number of carbonyl (C=O) groups is 3. The number of likely N-dealkylation sites (N-methyl/N-ethyl adjacent to an activating group) is 1. The van der Waals surface area contributed by atoms with Gasteiger partial charge in [0, 0.05) is 19.5 Å². The molecule has 33 heavy (non-hydrogen) atoms. The Labute approximate surface area is 195 Å². The van der Waals surface area contributed by atoms with E-state index in [0.717, 1.165) is 5.56 Å². The van der Waals surface area contributed by atoms with E-state index in [1.807, 2.05) is 0 Å². The van der Waals surface area contributed by atoms with Gasteiger partial charge in [0.15, 0.2) is 5.11 Å². The van der Waals surface area contributed by atoms with Crippen LogP contribution in [0.5, 0.6) is 0 Å². The Kier molecular flexibility index (Phi) is 6.10. The summed E-state index contributed by atoms with van der Waals surface area (Å²) in [6.45, 7) is 1.79. The second-order valence-corrected chi connectivity index (χ2v) is 8.08. The minimum Gasteiger partial charge on any atom is -0.442 e. The molecule has 0 aliphatic carbocycles. The zero-order chi connectivity index (χ0) is 23.7. The molecule has 170 valence electrons. The van der Waals surface area contributed by atoms with Gasteiger partial charge in [0.2, 0.25) is 5.91 Å². The van der Waals surface area contributed by atoms with Crippen LogP contribution in [-0.2, 0) is 14.3 Å². The van der Waals surface area contributed by atoms with Crippen molar-refractivity contribution in [2.75, 3.05) is 25.0 Å². The number of halogens is 1. The Balaban J connectivity index is 1.48. The fraction of sp³-hybridized carbons (Fsp3) is 0.217. The fourth-order valence-electron chi connectivity index (χ4n) is 3.55. The van der Waals surface area contributed by atoms with E-state index in [-0.39, 0.29) is 24.9 Å². The summed E-state index contributed by atoms with van der Waals surface area (Å²) in [4.78, 5) is 38.0. The highest BCUT2D eigenvalue weighted by molar-refractivity contribution is 7.80. The summed E-state index contributed by atoms with van der Waals surface area (Å²) in [6, 6.07) is 11.6. The van der Waals surface area contributed by atoms with Crippen LogP contribution >= 0.6 is 12.2 Å². The summed E-state index contributed by atoms with van der Waals surface area (Å²) in [7, 11) is 1.60. The molecule has 2 heterocycles. The number of benzene rings is 2. The van der Waals surface area contributed by atoms with Crippen molar-refractivity contribution < 1.29 is 23.5 Å². The maximum absolute atomic E-state index is 14.9.